The van der Waals surface area contributed by atoms with Gasteiger partial charge in [-0.15, -0.1) is 0 Å². The molecule has 23 heavy (non-hydrogen) atoms. The zero-order valence-corrected chi connectivity index (χ0v) is 13.8. The van der Waals surface area contributed by atoms with Crippen molar-refractivity contribution >= 4 is 16.7 Å². The molecule has 1 aliphatic heterocycles. The molecule has 1 aromatic carbocycles. The Balaban J connectivity index is 1.84. The van der Waals surface area contributed by atoms with Crippen molar-refractivity contribution in [2.24, 2.45) is 7.05 Å². The summed E-state index contributed by atoms with van der Waals surface area (Å²) in [4.78, 5) is 11.4. The van der Waals surface area contributed by atoms with Gasteiger partial charge in [0.15, 0.2) is 0 Å². The van der Waals surface area contributed by atoms with Gasteiger partial charge in [-0.3, -0.25) is 4.68 Å². The molecule has 3 heterocycles. The van der Waals surface area contributed by atoms with Crippen LogP contribution in [0.25, 0.3) is 10.9 Å². The number of fused-ring (bicyclic) bond motifs is 1. The van der Waals surface area contributed by atoms with Crippen LogP contribution in [-0.4, -0.2) is 26.3 Å². The molecule has 1 aliphatic rings. The number of anilines is 1. The third-order valence-corrected chi connectivity index (χ3v) is 4.94. The highest BCUT2D eigenvalue weighted by Gasteiger charge is 2.32. The smallest absolute Gasteiger partial charge is 0.140 e. The van der Waals surface area contributed by atoms with E-state index < -0.39 is 0 Å². The summed E-state index contributed by atoms with van der Waals surface area (Å²) < 4.78 is 1.99. The van der Waals surface area contributed by atoms with E-state index >= 15 is 0 Å². The lowest BCUT2D eigenvalue weighted by atomic mass is 10.0. The third-order valence-electron chi connectivity index (χ3n) is 4.94. The van der Waals surface area contributed by atoms with Crippen LogP contribution in [0, 0.1) is 13.8 Å². The van der Waals surface area contributed by atoms with Crippen LogP contribution in [0.2, 0.25) is 0 Å². The Morgan fingerprint density at radius 3 is 2.74 bits per heavy atom. The summed E-state index contributed by atoms with van der Waals surface area (Å²) in [6, 6.07) is 8.59. The maximum Gasteiger partial charge on any atom is 0.140 e. The first-order valence-corrected chi connectivity index (χ1v) is 8.13. The maximum atomic E-state index is 4.62. The monoisotopic (exact) mass is 307 g/mol. The van der Waals surface area contributed by atoms with Crippen LogP contribution in [0.15, 0.2) is 30.6 Å². The van der Waals surface area contributed by atoms with Gasteiger partial charge in [-0.05, 0) is 38.8 Å². The molecule has 0 unspecified atom stereocenters. The number of aromatic nitrogens is 4. The maximum absolute atomic E-state index is 4.62. The van der Waals surface area contributed by atoms with Gasteiger partial charge in [-0.2, -0.15) is 5.10 Å². The number of benzene rings is 1. The Bertz CT molecular complexity index is 862. The average Bonchev–Trinajstić information content (AvgIpc) is 3.12. The quantitative estimate of drug-likeness (QED) is 0.728. The van der Waals surface area contributed by atoms with Crippen molar-refractivity contribution < 1.29 is 0 Å². The topological polar surface area (TPSA) is 46.8 Å². The first-order valence-electron chi connectivity index (χ1n) is 8.13. The van der Waals surface area contributed by atoms with Crippen LogP contribution in [0.4, 0.5) is 5.82 Å². The Morgan fingerprint density at radius 2 is 1.96 bits per heavy atom. The molecule has 0 radical (unpaired) electrons. The number of nitrogens with zero attached hydrogens (tertiary/aromatic N) is 5. The molecule has 0 saturated carbocycles. The third kappa shape index (κ3) is 2.19. The van der Waals surface area contributed by atoms with Crippen molar-refractivity contribution in [3.05, 3.63) is 47.5 Å². The summed E-state index contributed by atoms with van der Waals surface area (Å²) in [6.07, 6.45) is 4.00. The molecule has 118 valence electrons. The molecule has 0 spiro atoms. The van der Waals surface area contributed by atoms with Gasteiger partial charge >= 0.3 is 0 Å². The number of hydrogen-bond donors (Lipinski definition) is 0. The van der Waals surface area contributed by atoms with Crippen LogP contribution in [0.5, 0.6) is 0 Å². The van der Waals surface area contributed by atoms with Crippen LogP contribution in [-0.2, 0) is 7.05 Å². The van der Waals surface area contributed by atoms with E-state index in [1.807, 2.05) is 23.9 Å². The van der Waals surface area contributed by atoms with Gasteiger partial charge in [0.1, 0.15) is 12.1 Å². The molecule has 4 rings (SSSR count). The fraction of sp³-hybridized carbons (Fsp3) is 0.389. The highest BCUT2D eigenvalue weighted by molar-refractivity contribution is 5.89. The fourth-order valence-electron chi connectivity index (χ4n) is 3.81. The molecule has 1 atom stereocenters. The second-order valence-electron chi connectivity index (χ2n) is 6.27. The summed E-state index contributed by atoms with van der Waals surface area (Å²) >= 11 is 0. The predicted octanol–water partition coefficient (Wildman–Crippen LogP) is 3.32. The van der Waals surface area contributed by atoms with Crippen molar-refractivity contribution in [3.8, 4) is 0 Å². The minimum atomic E-state index is 0.349. The number of aryl methyl sites for hydroxylation is 2. The van der Waals surface area contributed by atoms with Crippen LogP contribution >= 0.6 is 0 Å². The van der Waals surface area contributed by atoms with Gasteiger partial charge in [-0.25, -0.2) is 9.97 Å². The molecular formula is C18H21N5. The molecule has 3 aromatic rings. The van der Waals surface area contributed by atoms with E-state index in [1.54, 1.807) is 6.33 Å². The van der Waals surface area contributed by atoms with Gasteiger partial charge < -0.3 is 4.90 Å². The summed E-state index contributed by atoms with van der Waals surface area (Å²) in [6.45, 7) is 5.29. The van der Waals surface area contributed by atoms with Crippen molar-refractivity contribution in [3.63, 3.8) is 0 Å². The summed E-state index contributed by atoms with van der Waals surface area (Å²) in [7, 11) is 2.02. The Morgan fingerprint density at radius 1 is 1.13 bits per heavy atom. The highest BCUT2D eigenvalue weighted by Crippen LogP contribution is 2.39. The minimum Gasteiger partial charge on any atom is -0.349 e. The van der Waals surface area contributed by atoms with Gasteiger partial charge in [0.2, 0.25) is 0 Å². The molecule has 0 bridgehead atoms. The first kappa shape index (κ1) is 14.2. The molecule has 0 aliphatic carbocycles. The Hall–Kier alpha value is -2.43. The van der Waals surface area contributed by atoms with E-state index in [-0.39, 0.29) is 0 Å². The second kappa shape index (κ2) is 5.33. The summed E-state index contributed by atoms with van der Waals surface area (Å²) in [5, 5.41) is 5.73. The van der Waals surface area contributed by atoms with E-state index in [2.05, 4.69) is 45.9 Å². The largest absolute Gasteiger partial charge is 0.349 e. The summed E-state index contributed by atoms with van der Waals surface area (Å²) in [5.41, 5.74) is 4.73. The van der Waals surface area contributed by atoms with Crippen LogP contribution < -0.4 is 4.90 Å². The molecule has 5 heteroatoms. The predicted molar refractivity (Wildman–Crippen MR) is 91.5 cm³/mol. The fourth-order valence-corrected chi connectivity index (χ4v) is 3.81. The van der Waals surface area contributed by atoms with Crippen molar-refractivity contribution in [2.45, 2.75) is 32.7 Å². The van der Waals surface area contributed by atoms with E-state index in [9.17, 15) is 0 Å². The minimum absolute atomic E-state index is 0.349. The molecule has 0 N–H and O–H groups in total. The van der Waals surface area contributed by atoms with Crippen LogP contribution in [0.1, 0.15) is 35.8 Å². The number of para-hydroxylation sites is 1. The van der Waals surface area contributed by atoms with Crippen LogP contribution in [0.3, 0.4) is 0 Å². The van der Waals surface area contributed by atoms with Gasteiger partial charge in [0.05, 0.1) is 17.3 Å². The van der Waals surface area contributed by atoms with E-state index in [4.69, 9.17) is 0 Å². The standard InChI is InChI=1S/C18H21N5/c1-12-17(13(2)22(3)21-12)16-9-6-10-23(16)18-14-7-4-5-8-15(14)19-11-20-18/h4-5,7-8,11,16H,6,9-10H2,1-3H3/t16-/m0/s1. The lowest BCUT2D eigenvalue weighted by Gasteiger charge is -2.27. The van der Waals surface area contributed by atoms with E-state index in [0.29, 0.717) is 6.04 Å². The lowest BCUT2D eigenvalue weighted by molar-refractivity contribution is 0.694. The number of rotatable bonds is 2. The highest BCUT2D eigenvalue weighted by atomic mass is 15.3. The molecule has 0 amide bonds. The van der Waals surface area contributed by atoms with E-state index in [1.165, 1.54) is 17.7 Å². The Labute approximate surface area is 136 Å². The lowest BCUT2D eigenvalue weighted by Crippen LogP contribution is -2.24. The second-order valence-corrected chi connectivity index (χ2v) is 6.27. The SMILES string of the molecule is Cc1nn(C)c(C)c1[C@@H]1CCCN1c1ncnc2ccccc12. The van der Waals surface area contributed by atoms with E-state index in [0.717, 1.165) is 35.4 Å². The first-order chi connectivity index (χ1) is 11.2. The zero-order chi connectivity index (χ0) is 16.0. The van der Waals surface area contributed by atoms with Gasteiger partial charge in [0.25, 0.3) is 0 Å². The van der Waals surface area contributed by atoms with Crippen molar-refractivity contribution in [2.75, 3.05) is 11.4 Å². The summed E-state index contributed by atoms with van der Waals surface area (Å²) in [5.74, 6) is 1.04. The normalized spacial score (nSPS) is 18.0. The van der Waals surface area contributed by atoms with Gasteiger partial charge in [-0.1, -0.05) is 12.1 Å². The molecule has 1 saturated heterocycles. The van der Waals surface area contributed by atoms with Crippen molar-refractivity contribution in [1.82, 2.24) is 19.7 Å². The molecule has 2 aromatic heterocycles. The average molecular weight is 307 g/mol. The number of hydrogen-bond acceptors (Lipinski definition) is 4. The molecule has 1 fully saturated rings. The Kier molecular flexibility index (Phi) is 3.29. The molecule has 5 nitrogen and oxygen atoms in total. The van der Waals surface area contributed by atoms with Gasteiger partial charge in [0, 0.05) is 30.2 Å². The zero-order valence-electron chi connectivity index (χ0n) is 13.8. The molecular weight excluding hydrogens is 286 g/mol. The van der Waals surface area contributed by atoms with Crippen molar-refractivity contribution in [1.29, 1.82) is 0 Å².